The fraction of sp³-hybridized carbons (Fsp3) is 0.148. The Labute approximate surface area is 197 Å². The predicted octanol–water partition coefficient (Wildman–Crippen LogP) is 4.43. The Morgan fingerprint density at radius 2 is 1.56 bits per heavy atom. The lowest BCUT2D eigenvalue weighted by Crippen LogP contribution is -2.54. The number of nitrogens with one attached hydrogen (secondary N) is 1. The SMILES string of the molecule is Cc1ccc(OCCOc2ccccc2/C=C2/C(=O)NC(=O)N(c3cccc(C)c3)C2=O)cc1. The Kier molecular flexibility index (Phi) is 6.73. The number of amides is 4. The molecule has 4 rings (SSSR count). The third kappa shape index (κ3) is 5.15. The van der Waals surface area contributed by atoms with Crippen LogP contribution in [0.4, 0.5) is 10.5 Å². The van der Waals surface area contributed by atoms with Gasteiger partial charge >= 0.3 is 6.03 Å². The molecule has 0 bridgehead atoms. The van der Waals surface area contributed by atoms with E-state index in [9.17, 15) is 14.4 Å². The maximum atomic E-state index is 13.1. The summed E-state index contributed by atoms with van der Waals surface area (Å²) in [5, 5.41) is 2.24. The fourth-order valence-corrected chi connectivity index (χ4v) is 3.49. The minimum absolute atomic E-state index is 0.159. The van der Waals surface area contributed by atoms with E-state index in [0.717, 1.165) is 21.8 Å². The summed E-state index contributed by atoms with van der Waals surface area (Å²) in [6.45, 7) is 4.45. The number of imide groups is 2. The van der Waals surface area contributed by atoms with Gasteiger partial charge in [0.2, 0.25) is 0 Å². The highest BCUT2D eigenvalue weighted by Crippen LogP contribution is 2.26. The van der Waals surface area contributed by atoms with Crippen LogP contribution in [-0.4, -0.2) is 31.1 Å². The zero-order valence-corrected chi connectivity index (χ0v) is 18.9. The molecule has 1 heterocycles. The molecule has 0 spiro atoms. The maximum absolute atomic E-state index is 13.1. The van der Waals surface area contributed by atoms with Crippen LogP contribution in [0.3, 0.4) is 0 Å². The summed E-state index contributed by atoms with van der Waals surface area (Å²) in [4.78, 5) is 39.0. The number of aryl methyl sites for hydroxylation is 2. The summed E-state index contributed by atoms with van der Waals surface area (Å²) < 4.78 is 11.5. The van der Waals surface area contributed by atoms with Gasteiger partial charge in [-0.15, -0.1) is 0 Å². The third-order valence-electron chi connectivity index (χ3n) is 5.21. The van der Waals surface area contributed by atoms with Crippen molar-refractivity contribution >= 4 is 29.6 Å². The molecule has 7 nitrogen and oxygen atoms in total. The number of ether oxygens (including phenoxy) is 2. The van der Waals surface area contributed by atoms with Crippen molar-refractivity contribution < 1.29 is 23.9 Å². The van der Waals surface area contributed by atoms with E-state index in [0.29, 0.717) is 23.6 Å². The summed E-state index contributed by atoms with van der Waals surface area (Å²) in [7, 11) is 0. The van der Waals surface area contributed by atoms with Gasteiger partial charge in [0.05, 0.1) is 5.69 Å². The number of rotatable bonds is 7. The first kappa shape index (κ1) is 22.8. The topological polar surface area (TPSA) is 84.9 Å². The summed E-state index contributed by atoms with van der Waals surface area (Å²) in [6.07, 6.45) is 1.43. The Morgan fingerprint density at radius 1 is 0.824 bits per heavy atom. The molecule has 3 aromatic carbocycles. The Hall–Kier alpha value is -4.39. The molecule has 0 unspecified atom stereocenters. The molecule has 1 fully saturated rings. The van der Waals surface area contributed by atoms with Crippen molar-refractivity contribution in [2.24, 2.45) is 0 Å². The van der Waals surface area contributed by atoms with Crippen molar-refractivity contribution in [3.8, 4) is 11.5 Å². The summed E-state index contributed by atoms with van der Waals surface area (Å²) in [5.74, 6) is -0.217. The standard InChI is InChI=1S/C27H24N2O5/c1-18-10-12-22(13-11-18)33-14-15-34-24-9-4-3-7-20(24)17-23-25(30)28-27(32)29(26(23)31)21-8-5-6-19(2)16-21/h3-13,16-17H,14-15H2,1-2H3,(H,28,30,32)/b23-17-. The van der Waals surface area contributed by atoms with E-state index in [1.165, 1.54) is 6.08 Å². The van der Waals surface area contributed by atoms with Crippen molar-refractivity contribution in [1.29, 1.82) is 0 Å². The van der Waals surface area contributed by atoms with Crippen LogP contribution in [0.25, 0.3) is 6.08 Å². The highest BCUT2D eigenvalue weighted by Gasteiger charge is 2.37. The lowest BCUT2D eigenvalue weighted by Gasteiger charge is -2.26. The van der Waals surface area contributed by atoms with Crippen LogP contribution in [0.2, 0.25) is 0 Å². The van der Waals surface area contributed by atoms with Crippen LogP contribution in [-0.2, 0) is 9.59 Å². The van der Waals surface area contributed by atoms with E-state index in [2.05, 4.69) is 5.32 Å². The van der Waals surface area contributed by atoms with E-state index in [1.54, 1.807) is 42.5 Å². The predicted molar refractivity (Wildman–Crippen MR) is 129 cm³/mol. The minimum atomic E-state index is -0.782. The molecule has 4 amide bonds. The van der Waals surface area contributed by atoms with Gasteiger partial charge in [-0.25, -0.2) is 9.69 Å². The first-order chi connectivity index (χ1) is 16.4. The molecule has 34 heavy (non-hydrogen) atoms. The molecule has 0 aromatic heterocycles. The molecule has 0 aliphatic carbocycles. The highest BCUT2D eigenvalue weighted by molar-refractivity contribution is 6.39. The van der Waals surface area contributed by atoms with Crippen LogP contribution >= 0.6 is 0 Å². The largest absolute Gasteiger partial charge is 0.490 e. The number of nitrogens with zero attached hydrogens (tertiary/aromatic N) is 1. The monoisotopic (exact) mass is 456 g/mol. The van der Waals surface area contributed by atoms with Crippen LogP contribution in [0.1, 0.15) is 16.7 Å². The molecule has 172 valence electrons. The Bertz CT molecular complexity index is 1260. The van der Waals surface area contributed by atoms with Crippen LogP contribution in [0, 0.1) is 13.8 Å². The summed E-state index contributed by atoms with van der Waals surface area (Å²) in [6, 6.07) is 20.9. The van der Waals surface area contributed by atoms with Gasteiger partial charge in [-0.2, -0.15) is 0 Å². The van der Waals surface area contributed by atoms with Crippen LogP contribution in [0.5, 0.6) is 11.5 Å². The van der Waals surface area contributed by atoms with E-state index >= 15 is 0 Å². The van der Waals surface area contributed by atoms with Crippen molar-refractivity contribution in [2.75, 3.05) is 18.1 Å². The number of carbonyl (C=O) groups is 3. The molecule has 1 N–H and O–H groups in total. The van der Waals surface area contributed by atoms with Gasteiger partial charge < -0.3 is 9.47 Å². The molecule has 1 saturated heterocycles. The minimum Gasteiger partial charge on any atom is -0.490 e. The second-order valence-electron chi connectivity index (χ2n) is 7.84. The van der Waals surface area contributed by atoms with Crippen molar-refractivity contribution in [3.63, 3.8) is 0 Å². The second-order valence-corrected chi connectivity index (χ2v) is 7.84. The number of hydrogen-bond acceptors (Lipinski definition) is 5. The van der Waals surface area contributed by atoms with Gasteiger partial charge in [0.1, 0.15) is 30.3 Å². The zero-order valence-electron chi connectivity index (χ0n) is 18.9. The zero-order chi connectivity index (χ0) is 24.1. The van der Waals surface area contributed by atoms with Gasteiger partial charge in [-0.05, 0) is 55.8 Å². The van der Waals surface area contributed by atoms with Gasteiger partial charge in [0, 0.05) is 5.56 Å². The highest BCUT2D eigenvalue weighted by atomic mass is 16.5. The summed E-state index contributed by atoms with van der Waals surface area (Å²) in [5.41, 5.74) is 2.79. The maximum Gasteiger partial charge on any atom is 0.335 e. The number of para-hydroxylation sites is 1. The Morgan fingerprint density at radius 3 is 2.32 bits per heavy atom. The molecule has 0 saturated carbocycles. The van der Waals surface area contributed by atoms with Crippen LogP contribution < -0.4 is 19.7 Å². The van der Waals surface area contributed by atoms with E-state index in [-0.39, 0.29) is 12.2 Å². The van der Waals surface area contributed by atoms with Crippen molar-refractivity contribution in [2.45, 2.75) is 13.8 Å². The number of barbiturate groups is 1. The number of carbonyl (C=O) groups excluding carboxylic acids is 3. The molecule has 7 heteroatoms. The normalized spacial score (nSPS) is 14.8. The Balaban J connectivity index is 1.51. The first-order valence-corrected chi connectivity index (χ1v) is 10.8. The molecule has 3 aromatic rings. The van der Waals surface area contributed by atoms with E-state index in [1.807, 2.05) is 44.2 Å². The molecule has 1 aliphatic heterocycles. The van der Waals surface area contributed by atoms with Gasteiger partial charge in [0.25, 0.3) is 11.8 Å². The lowest BCUT2D eigenvalue weighted by molar-refractivity contribution is -0.122. The second kappa shape index (κ2) is 10.0. The number of anilines is 1. The molecule has 0 radical (unpaired) electrons. The van der Waals surface area contributed by atoms with Crippen molar-refractivity contribution in [1.82, 2.24) is 5.32 Å². The van der Waals surface area contributed by atoms with Crippen LogP contribution in [0.15, 0.2) is 78.4 Å². The molecule has 1 aliphatic rings. The van der Waals surface area contributed by atoms with Crippen molar-refractivity contribution in [3.05, 3.63) is 95.1 Å². The van der Waals surface area contributed by atoms with Gasteiger partial charge in [0.15, 0.2) is 0 Å². The third-order valence-corrected chi connectivity index (χ3v) is 5.21. The van der Waals surface area contributed by atoms with E-state index < -0.39 is 17.8 Å². The number of benzene rings is 3. The lowest BCUT2D eigenvalue weighted by atomic mass is 10.1. The average molecular weight is 456 g/mol. The molecular weight excluding hydrogens is 432 g/mol. The van der Waals surface area contributed by atoms with Gasteiger partial charge in [-0.3, -0.25) is 14.9 Å². The smallest absolute Gasteiger partial charge is 0.335 e. The summed E-state index contributed by atoms with van der Waals surface area (Å²) >= 11 is 0. The quantitative estimate of drug-likeness (QED) is 0.323. The van der Waals surface area contributed by atoms with E-state index in [4.69, 9.17) is 9.47 Å². The number of hydrogen-bond donors (Lipinski definition) is 1. The first-order valence-electron chi connectivity index (χ1n) is 10.8. The van der Waals surface area contributed by atoms with Gasteiger partial charge in [-0.1, -0.05) is 48.0 Å². The number of urea groups is 1. The molecule has 0 atom stereocenters. The average Bonchev–Trinajstić information content (AvgIpc) is 2.81. The molecular formula is C27H24N2O5. The fourth-order valence-electron chi connectivity index (χ4n) is 3.49.